The molecule has 0 aliphatic heterocycles. The van der Waals surface area contributed by atoms with Gasteiger partial charge in [0.05, 0.1) is 6.42 Å². The molecule has 0 aliphatic rings. The lowest BCUT2D eigenvalue weighted by Crippen LogP contribution is -2.14. The summed E-state index contributed by atoms with van der Waals surface area (Å²) in [6.07, 6.45) is -0.0356. The average Bonchev–Trinajstić information content (AvgIpc) is 1.94. The molecule has 0 atom stereocenters. The van der Waals surface area contributed by atoms with Gasteiger partial charge in [-0.2, -0.15) is 0 Å². The molecule has 0 saturated carbocycles. The van der Waals surface area contributed by atoms with E-state index in [1.165, 1.54) is 6.07 Å². The Morgan fingerprint density at radius 2 is 2.25 bits per heavy atom. The van der Waals surface area contributed by atoms with Crippen LogP contribution >= 0.6 is 0 Å². The third-order valence-electron chi connectivity index (χ3n) is 1.57. The zero-order valence-corrected chi connectivity index (χ0v) is 6.80. The second-order valence-corrected chi connectivity index (χ2v) is 2.74. The lowest BCUT2D eigenvalue weighted by molar-refractivity contribution is -0.117. The van der Waals surface area contributed by atoms with Gasteiger partial charge < -0.3 is 5.73 Å². The zero-order valence-electron chi connectivity index (χ0n) is 6.80. The summed E-state index contributed by atoms with van der Waals surface area (Å²) in [5, 5.41) is 0. The number of carbonyl (C=O) groups excluding carboxylic acids is 1. The molecule has 2 N–H and O–H groups in total. The second-order valence-electron chi connectivity index (χ2n) is 2.74. The van der Waals surface area contributed by atoms with Gasteiger partial charge in [-0.25, -0.2) is 4.39 Å². The van der Waals surface area contributed by atoms with E-state index in [1.54, 1.807) is 19.1 Å². The largest absolute Gasteiger partial charge is 0.369 e. The lowest BCUT2D eigenvalue weighted by Gasteiger charge is -2.00. The molecular weight excluding hydrogens is 157 g/mol. The van der Waals surface area contributed by atoms with Gasteiger partial charge in [-0.3, -0.25) is 4.79 Å². The molecular formula is C9H10FNO. The van der Waals surface area contributed by atoms with Crippen LogP contribution in [0.4, 0.5) is 4.39 Å². The van der Waals surface area contributed by atoms with E-state index in [2.05, 4.69) is 0 Å². The van der Waals surface area contributed by atoms with Crippen LogP contribution in [0.15, 0.2) is 18.2 Å². The topological polar surface area (TPSA) is 43.1 Å². The Morgan fingerprint density at radius 1 is 1.58 bits per heavy atom. The number of rotatable bonds is 2. The Hall–Kier alpha value is -1.38. The van der Waals surface area contributed by atoms with E-state index >= 15 is 0 Å². The zero-order chi connectivity index (χ0) is 9.14. The molecule has 3 heteroatoms. The van der Waals surface area contributed by atoms with Gasteiger partial charge in [-0.05, 0) is 24.1 Å². The molecule has 0 fully saturated rings. The second kappa shape index (κ2) is 3.34. The van der Waals surface area contributed by atoms with Gasteiger partial charge in [0.1, 0.15) is 5.82 Å². The van der Waals surface area contributed by atoms with E-state index in [9.17, 15) is 9.18 Å². The van der Waals surface area contributed by atoms with Gasteiger partial charge in [-0.15, -0.1) is 0 Å². The Bertz CT molecular complexity index is 309. The van der Waals surface area contributed by atoms with Crippen molar-refractivity contribution in [2.75, 3.05) is 0 Å². The van der Waals surface area contributed by atoms with E-state index in [4.69, 9.17) is 5.73 Å². The molecule has 1 rings (SSSR count). The molecule has 12 heavy (non-hydrogen) atoms. The quantitative estimate of drug-likeness (QED) is 0.705. The molecule has 1 aromatic carbocycles. The van der Waals surface area contributed by atoms with Crippen molar-refractivity contribution in [2.45, 2.75) is 13.3 Å². The molecule has 0 aromatic heterocycles. The fourth-order valence-corrected chi connectivity index (χ4v) is 0.983. The van der Waals surface area contributed by atoms with Gasteiger partial charge in [0.25, 0.3) is 0 Å². The van der Waals surface area contributed by atoms with Crippen LogP contribution in [0.2, 0.25) is 0 Å². The Labute approximate surface area is 70.2 Å². The highest BCUT2D eigenvalue weighted by Crippen LogP contribution is 2.09. The maximum Gasteiger partial charge on any atom is 0.221 e. The molecule has 0 saturated heterocycles. The first-order valence-corrected chi connectivity index (χ1v) is 3.63. The molecule has 64 valence electrons. The van der Waals surface area contributed by atoms with Crippen molar-refractivity contribution in [3.63, 3.8) is 0 Å². The van der Waals surface area contributed by atoms with Crippen LogP contribution in [-0.4, -0.2) is 5.91 Å². The van der Waals surface area contributed by atoms with Crippen LogP contribution in [0.5, 0.6) is 0 Å². The predicted octanol–water partition coefficient (Wildman–Crippen LogP) is 1.16. The molecule has 0 unspecified atom stereocenters. The van der Waals surface area contributed by atoms with Crippen molar-refractivity contribution in [3.8, 4) is 0 Å². The number of hydrogen-bond acceptors (Lipinski definition) is 1. The number of halogens is 1. The van der Waals surface area contributed by atoms with E-state index in [1.807, 2.05) is 0 Å². The van der Waals surface area contributed by atoms with Crippen LogP contribution in [0.3, 0.4) is 0 Å². The minimum Gasteiger partial charge on any atom is -0.369 e. The SMILES string of the molecule is Cc1ccc(CC(N)=O)c(F)c1. The van der Waals surface area contributed by atoms with Gasteiger partial charge in [0, 0.05) is 0 Å². The molecule has 0 spiro atoms. The normalized spacial score (nSPS) is 9.83. The minimum atomic E-state index is -0.516. The number of nitrogens with two attached hydrogens (primary N) is 1. The number of hydrogen-bond donors (Lipinski definition) is 1. The van der Waals surface area contributed by atoms with E-state index < -0.39 is 5.91 Å². The predicted molar refractivity (Wildman–Crippen MR) is 44.0 cm³/mol. The average molecular weight is 167 g/mol. The summed E-state index contributed by atoms with van der Waals surface area (Å²) < 4.78 is 13.0. The van der Waals surface area contributed by atoms with Crippen molar-refractivity contribution in [3.05, 3.63) is 35.1 Å². The van der Waals surface area contributed by atoms with Gasteiger partial charge in [0.2, 0.25) is 5.91 Å². The highest BCUT2D eigenvalue weighted by Gasteiger charge is 2.04. The summed E-state index contributed by atoms with van der Waals surface area (Å²) in [6.45, 7) is 1.79. The van der Waals surface area contributed by atoms with Crippen LogP contribution in [-0.2, 0) is 11.2 Å². The smallest absolute Gasteiger partial charge is 0.221 e. The third kappa shape index (κ3) is 2.05. The maximum absolute atomic E-state index is 13.0. The highest BCUT2D eigenvalue weighted by molar-refractivity contribution is 5.76. The van der Waals surface area contributed by atoms with Crippen molar-refractivity contribution >= 4 is 5.91 Å². The first kappa shape index (κ1) is 8.71. The minimum absolute atomic E-state index is 0.0356. The van der Waals surface area contributed by atoms with Crippen LogP contribution in [0.1, 0.15) is 11.1 Å². The first-order valence-electron chi connectivity index (χ1n) is 3.63. The maximum atomic E-state index is 13.0. The number of amides is 1. The summed E-state index contributed by atoms with van der Waals surface area (Å²) in [5.74, 6) is -0.883. The van der Waals surface area contributed by atoms with E-state index in [0.29, 0.717) is 5.56 Å². The molecule has 1 aromatic rings. The fourth-order valence-electron chi connectivity index (χ4n) is 0.983. The highest BCUT2D eigenvalue weighted by atomic mass is 19.1. The van der Waals surface area contributed by atoms with Crippen molar-refractivity contribution in [1.82, 2.24) is 0 Å². The summed E-state index contributed by atoms with van der Waals surface area (Å²) >= 11 is 0. The summed E-state index contributed by atoms with van der Waals surface area (Å²) in [4.78, 5) is 10.5. The standard InChI is InChI=1S/C9H10FNO/c1-6-2-3-7(5-9(11)12)8(10)4-6/h2-4H,5H2,1H3,(H2,11,12). The molecule has 1 amide bonds. The number of benzene rings is 1. The van der Waals surface area contributed by atoms with Crippen molar-refractivity contribution in [1.29, 1.82) is 0 Å². The van der Waals surface area contributed by atoms with Crippen LogP contribution < -0.4 is 5.73 Å². The van der Waals surface area contributed by atoms with Crippen molar-refractivity contribution < 1.29 is 9.18 Å². The van der Waals surface area contributed by atoms with Gasteiger partial charge >= 0.3 is 0 Å². The Kier molecular flexibility index (Phi) is 2.43. The van der Waals surface area contributed by atoms with Crippen LogP contribution in [0, 0.1) is 12.7 Å². The summed E-state index contributed by atoms with van der Waals surface area (Å²) in [6, 6.07) is 4.72. The van der Waals surface area contributed by atoms with E-state index in [-0.39, 0.29) is 12.2 Å². The number of aryl methyl sites for hydroxylation is 1. The summed E-state index contributed by atoms with van der Waals surface area (Å²) in [5.41, 5.74) is 6.11. The van der Waals surface area contributed by atoms with Gasteiger partial charge in [0.15, 0.2) is 0 Å². The van der Waals surface area contributed by atoms with Crippen molar-refractivity contribution in [2.24, 2.45) is 5.73 Å². The molecule has 0 bridgehead atoms. The fraction of sp³-hybridized carbons (Fsp3) is 0.222. The van der Waals surface area contributed by atoms with Gasteiger partial charge in [-0.1, -0.05) is 12.1 Å². The lowest BCUT2D eigenvalue weighted by atomic mass is 10.1. The Morgan fingerprint density at radius 3 is 2.75 bits per heavy atom. The third-order valence-corrected chi connectivity index (χ3v) is 1.57. The molecule has 0 heterocycles. The number of primary amides is 1. The summed E-state index contributed by atoms with van der Waals surface area (Å²) in [7, 11) is 0. The van der Waals surface area contributed by atoms with Crippen LogP contribution in [0.25, 0.3) is 0 Å². The van der Waals surface area contributed by atoms with E-state index in [0.717, 1.165) is 5.56 Å². The molecule has 0 aliphatic carbocycles. The Balaban J connectivity index is 2.93. The monoisotopic (exact) mass is 167 g/mol. The molecule has 2 nitrogen and oxygen atoms in total. The molecule has 0 radical (unpaired) electrons. The first-order chi connectivity index (χ1) is 5.59. The number of carbonyl (C=O) groups is 1.